The van der Waals surface area contributed by atoms with E-state index in [0.717, 1.165) is 45.2 Å². The third-order valence-electron chi connectivity index (χ3n) is 4.24. The number of benzene rings is 1. The van der Waals surface area contributed by atoms with Crippen molar-refractivity contribution in [2.75, 3.05) is 0 Å². The molecule has 0 aliphatic carbocycles. The fourth-order valence-corrected chi connectivity index (χ4v) is 3.69. The van der Waals surface area contributed by atoms with Crippen molar-refractivity contribution in [1.82, 2.24) is 9.97 Å². The maximum atomic E-state index is 5.95. The maximum absolute atomic E-state index is 5.95. The van der Waals surface area contributed by atoms with Crippen molar-refractivity contribution < 1.29 is 0 Å². The van der Waals surface area contributed by atoms with Crippen LogP contribution in [0.5, 0.6) is 0 Å². The van der Waals surface area contributed by atoms with Crippen molar-refractivity contribution in [3.63, 3.8) is 0 Å². The summed E-state index contributed by atoms with van der Waals surface area (Å²) in [5.41, 5.74) is 4.29. The van der Waals surface area contributed by atoms with Gasteiger partial charge in [0.05, 0.1) is 0 Å². The largest absolute Gasteiger partial charge is 0.263 e. The maximum Gasteiger partial charge on any atom is 0.0434 e. The van der Waals surface area contributed by atoms with E-state index in [-0.39, 0.29) is 0 Å². The molecule has 4 heteroatoms. The van der Waals surface area contributed by atoms with E-state index >= 15 is 0 Å². The summed E-state index contributed by atoms with van der Waals surface area (Å²) in [7, 11) is 0. The van der Waals surface area contributed by atoms with Crippen LogP contribution >= 0.6 is 23.4 Å². The molecule has 2 nitrogen and oxygen atoms in total. The molecule has 1 aromatic carbocycles. The zero-order chi connectivity index (χ0) is 19.6. The highest BCUT2D eigenvalue weighted by Gasteiger charge is 2.03. The zero-order valence-corrected chi connectivity index (χ0v) is 17.6. The molecule has 0 saturated heterocycles. The first-order valence-electron chi connectivity index (χ1n) is 9.51. The Labute approximate surface area is 176 Å². The number of hydrogen-bond acceptors (Lipinski definition) is 3. The SMILES string of the molecule is CCCCCC#Cc1cncc(-c2cncc(SCc3ccc(Cl)cc3)c2)c1. The number of hydrogen-bond donors (Lipinski definition) is 0. The highest BCUT2D eigenvalue weighted by molar-refractivity contribution is 7.98. The summed E-state index contributed by atoms with van der Waals surface area (Å²) >= 11 is 7.71. The highest BCUT2D eigenvalue weighted by Crippen LogP contribution is 2.27. The van der Waals surface area contributed by atoms with Crippen molar-refractivity contribution in [3.8, 4) is 23.0 Å². The number of pyridine rings is 2. The lowest BCUT2D eigenvalue weighted by atomic mass is 10.1. The van der Waals surface area contributed by atoms with E-state index in [4.69, 9.17) is 11.6 Å². The first kappa shape index (κ1) is 20.5. The van der Waals surface area contributed by atoms with Gasteiger partial charge in [0.2, 0.25) is 0 Å². The van der Waals surface area contributed by atoms with Crippen LogP contribution in [0.1, 0.15) is 43.7 Å². The summed E-state index contributed by atoms with van der Waals surface area (Å²) in [6, 6.07) is 12.2. The molecule has 2 aromatic heterocycles. The summed E-state index contributed by atoms with van der Waals surface area (Å²) in [4.78, 5) is 9.89. The molecule has 142 valence electrons. The molecule has 0 spiro atoms. The number of unbranched alkanes of at least 4 members (excludes halogenated alkanes) is 3. The molecule has 0 saturated carbocycles. The number of thioether (sulfide) groups is 1. The minimum absolute atomic E-state index is 0.762. The standard InChI is InChI=1S/C24H23ClN2S/c1-2-3-4-5-6-7-20-12-21(15-26-14-20)22-13-24(17-27-16-22)28-18-19-8-10-23(25)11-9-19/h8-17H,2-5,18H2,1H3. The van der Waals surface area contributed by atoms with Crippen LogP contribution in [-0.2, 0) is 5.75 Å². The molecule has 0 amide bonds. The van der Waals surface area contributed by atoms with Gasteiger partial charge in [-0.05, 0) is 36.2 Å². The van der Waals surface area contributed by atoms with Crippen LogP contribution in [-0.4, -0.2) is 9.97 Å². The number of nitrogens with zero attached hydrogens (tertiary/aromatic N) is 2. The van der Waals surface area contributed by atoms with Gasteiger partial charge in [0, 0.05) is 63.6 Å². The Morgan fingerprint density at radius 1 is 0.929 bits per heavy atom. The Kier molecular flexibility index (Phi) is 7.96. The van der Waals surface area contributed by atoms with Crippen molar-refractivity contribution >= 4 is 23.4 Å². The van der Waals surface area contributed by atoms with Gasteiger partial charge in [-0.2, -0.15) is 0 Å². The second-order valence-corrected chi connectivity index (χ2v) is 8.03. The Morgan fingerprint density at radius 3 is 2.46 bits per heavy atom. The Bertz CT molecular complexity index is 958. The predicted molar refractivity (Wildman–Crippen MR) is 120 cm³/mol. The van der Waals surface area contributed by atoms with E-state index in [2.05, 4.69) is 53.0 Å². The average molecular weight is 407 g/mol. The number of halogens is 1. The van der Waals surface area contributed by atoms with Gasteiger partial charge in [-0.15, -0.1) is 11.8 Å². The van der Waals surface area contributed by atoms with E-state index in [0.29, 0.717) is 0 Å². The van der Waals surface area contributed by atoms with Gasteiger partial charge in [0.1, 0.15) is 0 Å². The molecule has 2 heterocycles. The van der Waals surface area contributed by atoms with Crippen LogP contribution in [0.3, 0.4) is 0 Å². The molecular formula is C24H23ClN2S. The lowest BCUT2D eigenvalue weighted by molar-refractivity contribution is 0.737. The molecule has 0 N–H and O–H groups in total. The fourth-order valence-electron chi connectivity index (χ4n) is 2.70. The summed E-state index contributed by atoms with van der Waals surface area (Å²) in [6.45, 7) is 2.21. The van der Waals surface area contributed by atoms with Gasteiger partial charge in [-0.25, -0.2) is 0 Å². The van der Waals surface area contributed by atoms with E-state index in [1.165, 1.54) is 18.4 Å². The van der Waals surface area contributed by atoms with Gasteiger partial charge in [-0.1, -0.05) is 55.3 Å². The van der Waals surface area contributed by atoms with E-state index < -0.39 is 0 Å². The molecule has 3 aromatic rings. The van der Waals surface area contributed by atoms with Crippen LogP contribution in [0.25, 0.3) is 11.1 Å². The summed E-state index contributed by atoms with van der Waals surface area (Å²) in [5, 5.41) is 0.762. The lowest BCUT2D eigenvalue weighted by Gasteiger charge is -2.06. The van der Waals surface area contributed by atoms with Crippen molar-refractivity contribution in [1.29, 1.82) is 0 Å². The molecule has 0 atom stereocenters. The topological polar surface area (TPSA) is 25.8 Å². The molecule has 0 radical (unpaired) electrons. The predicted octanol–water partition coefficient (Wildman–Crippen LogP) is 7.02. The molecule has 0 aliphatic rings. The van der Waals surface area contributed by atoms with Crippen molar-refractivity contribution in [2.45, 2.75) is 43.3 Å². The van der Waals surface area contributed by atoms with Crippen LogP contribution in [0, 0.1) is 11.8 Å². The molecule has 0 bridgehead atoms. The van der Waals surface area contributed by atoms with Gasteiger partial charge >= 0.3 is 0 Å². The van der Waals surface area contributed by atoms with Gasteiger partial charge in [0.25, 0.3) is 0 Å². The van der Waals surface area contributed by atoms with Crippen LogP contribution in [0.15, 0.2) is 66.1 Å². The van der Waals surface area contributed by atoms with Crippen LogP contribution in [0.4, 0.5) is 0 Å². The smallest absolute Gasteiger partial charge is 0.0434 e. The average Bonchev–Trinajstić information content (AvgIpc) is 2.74. The highest BCUT2D eigenvalue weighted by atomic mass is 35.5. The zero-order valence-electron chi connectivity index (χ0n) is 16.0. The summed E-state index contributed by atoms with van der Waals surface area (Å²) in [5.74, 6) is 7.36. The van der Waals surface area contributed by atoms with E-state index in [9.17, 15) is 0 Å². The molecule has 28 heavy (non-hydrogen) atoms. The van der Waals surface area contributed by atoms with E-state index in [1.54, 1.807) is 11.8 Å². The first-order valence-corrected chi connectivity index (χ1v) is 10.9. The minimum atomic E-state index is 0.762. The normalized spacial score (nSPS) is 10.4. The number of rotatable bonds is 7. The first-order chi connectivity index (χ1) is 13.7. The van der Waals surface area contributed by atoms with Crippen LogP contribution in [0.2, 0.25) is 5.02 Å². The molecule has 0 fully saturated rings. The number of aromatic nitrogens is 2. The Balaban J connectivity index is 1.67. The quantitative estimate of drug-likeness (QED) is 0.239. The van der Waals surface area contributed by atoms with E-state index in [1.807, 2.05) is 36.9 Å². The second-order valence-electron chi connectivity index (χ2n) is 6.55. The molecule has 0 aliphatic heterocycles. The fraction of sp³-hybridized carbons (Fsp3) is 0.250. The summed E-state index contributed by atoms with van der Waals surface area (Å²) < 4.78 is 0. The Hall–Kier alpha value is -2.28. The van der Waals surface area contributed by atoms with Gasteiger partial charge < -0.3 is 0 Å². The minimum Gasteiger partial charge on any atom is -0.263 e. The molecular weight excluding hydrogens is 384 g/mol. The third-order valence-corrected chi connectivity index (χ3v) is 5.53. The van der Waals surface area contributed by atoms with Crippen molar-refractivity contribution in [2.24, 2.45) is 0 Å². The van der Waals surface area contributed by atoms with Gasteiger partial charge in [0.15, 0.2) is 0 Å². The van der Waals surface area contributed by atoms with Crippen LogP contribution < -0.4 is 0 Å². The molecule has 3 rings (SSSR count). The monoisotopic (exact) mass is 406 g/mol. The van der Waals surface area contributed by atoms with Crippen molar-refractivity contribution in [3.05, 3.63) is 77.3 Å². The summed E-state index contributed by atoms with van der Waals surface area (Å²) in [6.07, 6.45) is 12.0. The van der Waals surface area contributed by atoms with Gasteiger partial charge in [-0.3, -0.25) is 9.97 Å². The lowest BCUT2D eigenvalue weighted by Crippen LogP contribution is -1.87. The molecule has 0 unspecified atom stereocenters. The second kappa shape index (κ2) is 10.9. The Morgan fingerprint density at radius 2 is 1.68 bits per heavy atom. The third kappa shape index (κ3) is 6.41.